The third kappa shape index (κ3) is 6.36. The highest BCUT2D eigenvalue weighted by Gasteiger charge is 2.56. The lowest BCUT2D eigenvalue weighted by Crippen LogP contribution is -2.66. The number of carbonyl (C=O) groups excluding carboxylic acids is 1. The van der Waals surface area contributed by atoms with E-state index in [0.717, 1.165) is 55.3 Å². The summed E-state index contributed by atoms with van der Waals surface area (Å²) in [5.41, 5.74) is 3.14. The number of ether oxygens (including phenoxy) is 1. The molecule has 1 aliphatic carbocycles. The van der Waals surface area contributed by atoms with Crippen LogP contribution in [0.15, 0.2) is 72.8 Å². The lowest BCUT2D eigenvalue weighted by atomic mass is 9.83. The van der Waals surface area contributed by atoms with Crippen LogP contribution in [0.3, 0.4) is 0 Å². The van der Waals surface area contributed by atoms with Gasteiger partial charge in [-0.2, -0.15) is 5.26 Å². The Morgan fingerprint density at radius 3 is 2.44 bits per heavy atom. The van der Waals surface area contributed by atoms with Crippen molar-refractivity contribution in [3.63, 3.8) is 0 Å². The third-order valence-corrected chi connectivity index (χ3v) is 11.9. The van der Waals surface area contributed by atoms with Gasteiger partial charge in [0.05, 0.1) is 30.3 Å². The summed E-state index contributed by atoms with van der Waals surface area (Å²) in [5.74, 6) is 1.96. The van der Waals surface area contributed by atoms with Crippen LogP contribution in [-0.2, 0) is 29.5 Å². The molecular formula is C43H51N7O2. The smallest absolute Gasteiger partial charge is 0.410 e. The van der Waals surface area contributed by atoms with Crippen molar-refractivity contribution in [2.45, 2.75) is 94.9 Å². The summed E-state index contributed by atoms with van der Waals surface area (Å²) in [6.07, 6.45) is 5.77. The molecular weight excluding hydrogens is 647 g/mol. The average Bonchev–Trinajstić information content (AvgIpc) is 3.82. The number of rotatable bonds is 7. The highest BCUT2D eigenvalue weighted by atomic mass is 16.6. The predicted molar refractivity (Wildman–Crippen MR) is 206 cm³/mol. The van der Waals surface area contributed by atoms with Crippen LogP contribution in [0.1, 0.15) is 75.5 Å². The summed E-state index contributed by atoms with van der Waals surface area (Å²) in [4.78, 5) is 34.3. The second-order valence-corrected chi connectivity index (χ2v) is 16.5. The number of likely N-dealkylation sites (N-methyl/N-ethyl adjacent to an activating group) is 1. The molecule has 2 saturated heterocycles. The first-order chi connectivity index (χ1) is 25.1. The van der Waals surface area contributed by atoms with Crippen molar-refractivity contribution in [1.82, 2.24) is 19.8 Å². The van der Waals surface area contributed by atoms with Crippen molar-refractivity contribution in [2.24, 2.45) is 0 Å². The Bertz CT molecular complexity index is 1990. The van der Waals surface area contributed by atoms with E-state index in [-0.39, 0.29) is 17.9 Å². The van der Waals surface area contributed by atoms with Gasteiger partial charge in [0.15, 0.2) is 0 Å². The maximum atomic E-state index is 13.9. The zero-order chi connectivity index (χ0) is 36.1. The Morgan fingerprint density at radius 1 is 0.942 bits per heavy atom. The number of benzene rings is 3. The molecule has 1 saturated carbocycles. The van der Waals surface area contributed by atoms with E-state index in [2.05, 4.69) is 82.4 Å². The highest BCUT2D eigenvalue weighted by molar-refractivity contribution is 5.94. The number of likely N-dealkylation sites (tertiary alicyclic amines) is 1. The number of aromatic nitrogens is 2. The Labute approximate surface area is 308 Å². The Hall–Kier alpha value is -4.68. The number of piperazine rings is 1. The van der Waals surface area contributed by atoms with Crippen LogP contribution in [0.5, 0.6) is 0 Å². The van der Waals surface area contributed by atoms with Crippen molar-refractivity contribution < 1.29 is 9.53 Å². The molecule has 8 rings (SSSR count). The van der Waals surface area contributed by atoms with E-state index in [1.54, 1.807) is 0 Å². The van der Waals surface area contributed by atoms with Gasteiger partial charge in [-0.25, -0.2) is 14.8 Å². The Balaban J connectivity index is 1.22. The van der Waals surface area contributed by atoms with E-state index < -0.39 is 11.1 Å². The summed E-state index contributed by atoms with van der Waals surface area (Å²) in [7, 11) is 2.26. The van der Waals surface area contributed by atoms with Crippen LogP contribution in [0, 0.1) is 11.3 Å². The maximum absolute atomic E-state index is 13.9. The number of amides is 1. The van der Waals surface area contributed by atoms with Crippen LogP contribution in [0.4, 0.5) is 16.3 Å². The number of fused-ring (bicyclic) bond motifs is 2. The normalized spacial score (nSPS) is 23.0. The van der Waals surface area contributed by atoms with E-state index in [4.69, 9.17) is 14.7 Å². The lowest BCUT2D eigenvalue weighted by Gasteiger charge is -2.50. The van der Waals surface area contributed by atoms with Crippen molar-refractivity contribution in [3.8, 4) is 6.07 Å². The number of hydrogen-bond donors (Lipinski definition) is 0. The zero-order valence-corrected chi connectivity index (χ0v) is 31.1. The SMILES string of the molecule is CN1CCC[C@@H]1C1(c2nc3c(c(N4CCN(C(=O)OC(C)(C)C)[C@](CC#N)(Cc5ccccc5)C4)n2)CCN(c2cccc4ccccc24)C3)CC1. The first kappa shape index (κ1) is 34.4. The van der Waals surface area contributed by atoms with Crippen LogP contribution < -0.4 is 9.80 Å². The molecule has 270 valence electrons. The number of hydrogen-bond acceptors (Lipinski definition) is 8. The van der Waals surface area contributed by atoms with E-state index in [9.17, 15) is 10.1 Å². The molecule has 3 aliphatic heterocycles. The summed E-state index contributed by atoms with van der Waals surface area (Å²) in [6, 6.07) is 28.4. The quantitative estimate of drug-likeness (QED) is 0.199. The van der Waals surface area contributed by atoms with E-state index in [0.29, 0.717) is 38.6 Å². The molecule has 52 heavy (non-hydrogen) atoms. The van der Waals surface area contributed by atoms with Crippen molar-refractivity contribution >= 4 is 28.4 Å². The van der Waals surface area contributed by atoms with Gasteiger partial charge in [0.25, 0.3) is 0 Å². The van der Waals surface area contributed by atoms with E-state index in [1.165, 1.54) is 34.9 Å². The van der Waals surface area contributed by atoms with Gasteiger partial charge in [0.1, 0.15) is 17.2 Å². The maximum Gasteiger partial charge on any atom is 0.410 e. The summed E-state index contributed by atoms with van der Waals surface area (Å²) < 4.78 is 5.99. The largest absolute Gasteiger partial charge is 0.444 e. The molecule has 0 spiro atoms. The van der Waals surface area contributed by atoms with Gasteiger partial charge in [0.2, 0.25) is 0 Å². The van der Waals surface area contributed by atoms with Gasteiger partial charge in [-0.3, -0.25) is 4.90 Å². The van der Waals surface area contributed by atoms with Crippen LogP contribution in [0.25, 0.3) is 10.8 Å². The van der Waals surface area contributed by atoms with Gasteiger partial charge in [-0.1, -0.05) is 66.7 Å². The van der Waals surface area contributed by atoms with Gasteiger partial charge in [0, 0.05) is 54.3 Å². The average molecular weight is 698 g/mol. The molecule has 2 atom stereocenters. The summed E-state index contributed by atoms with van der Waals surface area (Å²) in [5, 5.41) is 12.9. The van der Waals surface area contributed by atoms with Crippen molar-refractivity contribution in [1.29, 1.82) is 5.26 Å². The molecule has 3 aromatic carbocycles. The molecule has 0 unspecified atom stereocenters. The Kier molecular flexibility index (Phi) is 8.85. The number of anilines is 2. The molecule has 4 heterocycles. The molecule has 3 fully saturated rings. The van der Waals surface area contributed by atoms with Gasteiger partial charge in [-0.15, -0.1) is 0 Å². The monoisotopic (exact) mass is 697 g/mol. The minimum atomic E-state index is -0.804. The molecule has 0 bridgehead atoms. The fraction of sp³-hybridized carbons (Fsp3) is 0.488. The van der Waals surface area contributed by atoms with Crippen molar-refractivity contribution in [2.75, 3.05) is 49.6 Å². The van der Waals surface area contributed by atoms with Crippen molar-refractivity contribution in [3.05, 3.63) is 95.4 Å². The second-order valence-electron chi connectivity index (χ2n) is 16.5. The third-order valence-electron chi connectivity index (χ3n) is 11.9. The predicted octanol–water partition coefficient (Wildman–Crippen LogP) is 7.27. The standard InChI is InChI=1S/C43H51N7O2/c1-41(2,3)52-40(51)50-27-26-49(30-42(50,22-23-44)28-31-12-6-5-7-13-31)38-34-19-25-48(36-17-10-15-32-14-8-9-16-33(32)36)29-35(34)45-39(46-38)43(20-21-43)37-18-11-24-47(37)4/h5-10,12-17,37H,11,18-22,24-30H2,1-4H3/t37-,42-/m1/s1. The molecule has 0 N–H and O–H groups in total. The van der Waals surface area contributed by atoms with Crippen LogP contribution >= 0.6 is 0 Å². The first-order valence-electron chi connectivity index (χ1n) is 19.1. The zero-order valence-electron chi connectivity index (χ0n) is 31.1. The minimum absolute atomic E-state index is 0.0388. The first-order valence-corrected chi connectivity index (χ1v) is 19.1. The summed E-state index contributed by atoms with van der Waals surface area (Å²) >= 11 is 0. The Morgan fingerprint density at radius 2 is 1.71 bits per heavy atom. The molecule has 1 aromatic heterocycles. The fourth-order valence-corrected chi connectivity index (χ4v) is 9.28. The number of carbonyl (C=O) groups is 1. The summed E-state index contributed by atoms with van der Waals surface area (Å²) in [6.45, 7) is 9.92. The van der Waals surface area contributed by atoms with E-state index >= 15 is 0 Å². The van der Waals surface area contributed by atoms with Gasteiger partial charge in [-0.05, 0) is 89.9 Å². The number of nitriles is 1. The molecule has 4 aromatic rings. The molecule has 4 aliphatic rings. The van der Waals surface area contributed by atoms with Crippen LogP contribution in [0.2, 0.25) is 0 Å². The fourth-order valence-electron chi connectivity index (χ4n) is 9.28. The molecule has 9 heteroatoms. The molecule has 1 amide bonds. The second kappa shape index (κ2) is 13.4. The van der Waals surface area contributed by atoms with E-state index in [1.807, 2.05) is 43.9 Å². The van der Waals surface area contributed by atoms with Crippen LogP contribution in [-0.4, -0.2) is 82.8 Å². The topological polar surface area (TPSA) is 88.8 Å². The molecule has 9 nitrogen and oxygen atoms in total. The lowest BCUT2D eigenvalue weighted by molar-refractivity contribution is -0.00683. The minimum Gasteiger partial charge on any atom is -0.444 e. The van der Waals surface area contributed by atoms with Gasteiger partial charge >= 0.3 is 6.09 Å². The highest BCUT2D eigenvalue weighted by Crippen LogP contribution is 2.54. The number of nitrogens with zero attached hydrogens (tertiary/aromatic N) is 7. The molecule has 0 radical (unpaired) electrons. The van der Waals surface area contributed by atoms with Gasteiger partial charge < -0.3 is 19.4 Å².